The van der Waals surface area contributed by atoms with Crippen molar-refractivity contribution in [3.63, 3.8) is 0 Å². The number of hydrogen-bond donors (Lipinski definition) is 0. The Hall–Kier alpha value is -2.42. The zero-order valence-corrected chi connectivity index (χ0v) is 13.8. The predicted molar refractivity (Wildman–Crippen MR) is 91.3 cm³/mol. The number of pyridine rings is 1. The molecule has 6 heteroatoms. The number of benzene rings is 1. The van der Waals surface area contributed by atoms with Crippen LogP contribution in [0.3, 0.4) is 0 Å². The second-order valence-corrected chi connectivity index (χ2v) is 5.65. The lowest BCUT2D eigenvalue weighted by atomic mass is 10.1. The molecule has 0 amide bonds. The summed E-state index contributed by atoms with van der Waals surface area (Å²) in [6, 6.07) is 10.2. The maximum Gasteiger partial charge on any atom is 0.142 e. The van der Waals surface area contributed by atoms with Gasteiger partial charge >= 0.3 is 0 Å². The van der Waals surface area contributed by atoms with Crippen LogP contribution in [0.5, 0.6) is 0 Å². The molecule has 0 radical (unpaired) electrons. The van der Waals surface area contributed by atoms with Crippen molar-refractivity contribution in [1.29, 1.82) is 5.26 Å². The maximum atomic E-state index is 13.8. The molecule has 0 aliphatic carbocycles. The molecule has 24 heavy (non-hydrogen) atoms. The van der Waals surface area contributed by atoms with Gasteiger partial charge in [0.1, 0.15) is 23.2 Å². The zero-order chi connectivity index (χ0) is 17.1. The van der Waals surface area contributed by atoms with Crippen LogP contribution in [-0.4, -0.2) is 22.8 Å². The quantitative estimate of drug-likeness (QED) is 0.645. The highest BCUT2D eigenvalue weighted by molar-refractivity contribution is 6.30. The molecule has 3 rings (SSSR count). The Balaban J connectivity index is 2.13. The fourth-order valence-electron chi connectivity index (χ4n) is 2.60. The number of halogens is 2. The van der Waals surface area contributed by atoms with Gasteiger partial charge in [0.2, 0.25) is 0 Å². The number of nitriles is 1. The molecule has 0 fully saturated rings. The van der Waals surface area contributed by atoms with Gasteiger partial charge in [-0.1, -0.05) is 17.7 Å². The molecule has 0 aliphatic heterocycles. The van der Waals surface area contributed by atoms with E-state index in [9.17, 15) is 4.39 Å². The van der Waals surface area contributed by atoms with Crippen LogP contribution in [-0.2, 0) is 11.3 Å². The van der Waals surface area contributed by atoms with Crippen LogP contribution in [0.2, 0.25) is 5.02 Å². The summed E-state index contributed by atoms with van der Waals surface area (Å²) in [6.07, 6.45) is 1.90. The number of nitrogens with zero attached hydrogens (tertiary/aromatic N) is 3. The summed E-state index contributed by atoms with van der Waals surface area (Å²) >= 11 is 5.77. The molecule has 0 N–H and O–H groups in total. The van der Waals surface area contributed by atoms with Crippen LogP contribution in [0.4, 0.5) is 4.39 Å². The van der Waals surface area contributed by atoms with Crippen LogP contribution in [0.25, 0.3) is 22.2 Å². The Morgan fingerprint density at radius 3 is 2.88 bits per heavy atom. The molecule has 0 atom stereocenters. The van der Waals surface area contributed by atoms with Gasteiger partial charge in [0.15, 0.2) is 0 Å². The Morgan fingerprint density at radius 1 is 1.33 bits per heavy atom. The van der Waals surface area contributed by atoms with Crippen molar-refractivity contribution in [2.75, 3.05) is 13.2 Å². The first-order valence-corrected chi connectivity index (χ1v) is 7.95. The van der Waals surface area contributed by atoms with E-state index in [1.165, 1.54) is 12.1 Å². The van der Waals surface area contributed by atoms with Crippen LogP contribution >= 0.6 is 11.6 Å². The first-order chi connectivity index (χ1) is 11.6. The predicted octanol–water partition coefficient (Wildman–Crippen LogP) is 4.40. The van der Waals surface area contributed by atoms with Gasteiger partial charge in [-0.25, -0.2) is 9.37 Å². The smallest absolute Gasteiger partial charge is 0.142 e. The molecule has 0 unspecified atom stereocenters. The minimum absolute atomic E-state index is 0.0868. The highest BCUT2D eigenvalue weighted by Gasteiger charge is 2.14. The van der Waals surface area contributed by atoms with Crippen molar-refractivity contribution in [2.24, 2.45) is 0 Å². The number of fused-ring (bicyclic) bond motifs is 1. The van der Waals surface area contributed by atoms with E-state index in [1.807, 2.05) is 29.8 Å². The first-order valence-electron chi connectivity index (χ1n) is 7.57. The number of hydrogen-bond acceptors (Lipinski definition) is 3. The molecule has 0 aliphatic rings. The summed E-state index contributed by atoms with van der Waals surface area (Å²) in [5.74, 6) is -0.467. The number of aromatic nitrogens is 2. The van der Waals surface area contributed by atoms with Crippen molar-refractivity contribution in [1.82, 2.24) is 9.55 Å². The molecule has 3 aromatic rings. The van der Waals surface area contributed by atoms with E-state index in [1.54, 1.807) is 12.1 Å². The first kappa shape index (κ1) is 16.4. The topological polar surface area (TPSA) is 50.8 Å². The SMILES string of the molecule is CCOCCn1cc(-c2ccc(Cl)c(F)c2)c2ccc(C#N)nc21. The Labute approximate surface area is 144 Å². The Kier molecular flexibility index (Phi) is 4.79. The van der Waals surface area contributed by atoms with E-state index in [2.05, 4.69) is 4.98 Å². The van der Waals surface area contributed by atoms with E-state index < -0.39 is 5.82 Å². The van der Waals surface area contributed by atoms with E-state index in [0.717, 1.165) is 10.9 Å². The van der Waals surface area contributed by atoms with Gasteiger partial charge < -0.3 is 9.30 Å². The molecular weight excluding hydrogens is 329 g/mol. The van der Waals surface area contributed by atoms with Crippen LogP contribution in [0.15, 0.2) is 36.5 Å². The largest absolute Gasteiger partial charge is 0.380 e. The maximum absolute atomic E-state index is 13.8. The van der Waals surface area contributed by atoms with Gasteiger partial charge in [-0.2, -0.15) is 5.26 Å². The third-order valence-electron chi connectivity index (χ3n) is 3.75. The molecule has 4 nitrogen and oxygen atoms in total. The third kappa shape index (κ3) is 3.12. The second kappa shape index (κ2) is 7.00. The van der Waals surface area contributed by atoms with Crippen LogP contribution < -0.4 is 0 Å². The highest BCUT2D eigenvalue weighted by Crippen LogP contribution is 2.31. The highest BCUT2D eigenvalue weighted by atomic mass is 35.5. The van der Waals surface area contributed by atoms with Gasteiger partial charge in [0.05, 0.1) is 11.6 Å². The molecule has 0 saturated heterocycles. The lowest BCUT2D eigenvalue weighted by molar-refractivity contribution is 0.140. The lowest BCUT2D eigenvalue weighted by Gasteiger charge is -2.04. The van der Waals surface area contributed by atoms with E-state index in [4.69, 9.17) is 21.6 Å². The van der Waals surface area contributed by atoms with Gasteiger partial charge in [-0.15, -0.1) is 0 Å². The summed E-state index contributed by atoms with van der Waals surface area (Å²) in [5, 5.41) is 10.0. The fourth-order valence-corrected chi connectivity index (χ4v) is 2.72. The van der Waals surface area contributed by atoms with Crippen LogP contribution in [0.1, 0.15) is 12.6 Å². The van der Waals surface area contributed by atoms with E-state index in [0.29, 0.717) is 36.7 Å². The van der Waals surface area contributed by atoms with Crippen molar-refractivity contribution >= 4 is 22.6 Å². The second-order valence-electron chi connectivity index (χ2n) is 5.24. The summed E-state index contributed by atoms with van der Waals surface area (Å²) in [4.78, 5) is 4.39. The minimum Gasteiger partial charge on any atom is -0.380 e. The Morgan fingerprint density at radius 2 is 2.17 bits per heavy atom. The van der Waals surface area contributed by atoms with Crippen molar-refractivity contribution in [3.8, 4) is 17.2 Å². The average molecular weight is 344 g/mol. The molecule has 0 saturated carbocycles. The van der Waals surface area contributed by atoms with Crippen LogP contribution in [0, 0.1) is 17.1 Å². The monoisotopic (exact) mass is 343 g/mol. The van der Waals surface area contributed by atoms with Gasteiger partial charge in [-0.3, -0.25) is 0 Å². The average Bonchev–Trinajstić information content (AvgIpc) is 2.95. The summed E-state index contributed by atoms with van der Waals surface area (Å²) in [6.45, 7) is 3.70. The summed E-state index contributed by atoms with van der Waals surface area (Å²) < 4.78 is 21.1. The molecule has 122 valence electrons. The Bertz CT molecular complexity index is 930. The van der Waals surface area contributed by atoms with Gasteiger partial charge in [0.25, 0.3) is 0 Å². The molecule has 1 aromatic carbocycles. The van der Waals surface area contributed by atoms with Gasteiger partial charge in [0, 0.05) is 30.3 Å². The minimum atomic E-state index is -0.467. The summed E-state index contributed by atoms with van der Waals surface area (Å²) in [5.41, 5.74) is 2.57. The third-order valence-corrected chi connectivity index (χ3v) is 4.05. The number of ether oxygens (including phenoxy) is 1. The number of rotatable bonds is 5. The molecule has 0 spiro atoms. The van der Waals surface area contributed by atoms with Crippen molar-refractivity contribution in [2.45, 2.75) is 13.5 Å². The standard InChI is InChI=1S/C18H15ClFN3O/c1-2-24-8-7-23-11-15(12-3-6-16(19)17(20)9-12)14-5-4-13(10-21)22-18(14)23/h3-6,9,11H,2,7-8H2,1H3. The molecule has 2 heterocycles. The molecule has 0 bridgehead atoms. The lowest BCUT2D eigenvalue weighted by Crippen LogP contribution is -2.05. The fraction of sp³-hybridized carbons (Fsp3) is 0.222. The molecule has 2 aromatic heterocycles. The molecular formula is C18H15ClFN3O. The zero-order valence-electron chi connectivity index (χ0n) is 13.1. The van der Waals surface area contributed by atoms with Gasteiger partial charge in [-0.05, 0) is 36.8 Å². The normalized spacial score (nSPS) is 10.9. The van der Waals surface area contributed by atoms with E-state index >= 15 is 0 Å². The summed E-state index contributed by atoms with van der Waals surface area (Å²) in [7, 11) is 0. The van der Waals surface area contributed by atoms with Crippen molar-refractivity contribution in [3.05, 3.63) is 53.1 Å². The van der Waals surface area contributed by atoms with Crippen molar-refractivity contribution < 1.29 is 9.13 Å². The van der Waals surface area contributed by atoms with E-state index in [-0.39, 0.29) is 5.02 Å².